The standard InChI is InChI=1S/C13H16N4O3S/c1-18-8-5-7(6-9(19-2)10(8)20-3)11-15-12(14)17-13(16-11)21-4/h5-6H,1-4H3,(H2,14,15,16,17). The largest absolute Gasteiger partial charge is 0.493 e. The number of hydrogen-bond acceptors (Lipinski definition) is 8. The van der Waals surface area contributed by atoms with Crippen molar-refractivity contribution in [2.24, 2.45) is 0 Å². The molecule has 0 spiro atoms. The van der Waals surface area contributed by atoms with E-state index < -0.39 is 0 Å². The first-order valence-electron chi connectivity index (χ1n) is 5.98. The summed E-state index contributed by atoms with van der Waals surface area (Å²) in [6.07, 6.45) is 1.87. The number of thioether (sulfide) groups is 1. The van der Waals surface area contributed by atoms with Gasteiger partial charge in [-0.3, -0.25) is 0 Å². The van der Waals surface area contributed by atoms with Gasteiger partial charge in [-0.05, 0) is 18.4 Å². The van der Waals surface area contributed by atoms with E-state index in [2.05, 4.69) is 15.0 Å². The lowest BCUT2D eigenvalue weighted by Gasteiger charge is -2.13. The van der Waals surface area contributed by atoms with E-state index in [4.69, 9.17) is 19.9 Å². The van der Waals surface area contributed by atoms with E-state index in [9.17, 15) is 0 Å². The highest BCUT2D eigenvalue weighted by Gasteiger charge is 2.16. The number of methoxy groups -OCH3 is 3. The molecule has 0 radical (unpaired) electrons. The highest BCUT2D eigenvalue weighted by molar-refractivity contribution is 7.98. The lowest BCUT2D eigenvalue weighted by atomic mass is 10.1. The highest BCUT2D eigenvalue weighted by atomic mass is 32.2. The molecule has 0 fully saturated rings. The van der Waals surface area contributed by atoms with Crippen LogP contribution in [0.4, 0.5) is 5.95 Å². The average Bonchev–Trinajstić information content (AvgIpc) is 2.52. The Kier molecular flexibility index (Phi) is 4.69. The molecule has 1 heterocycles. The molecule has 2 N–H and O–H groups in total. The lowest BCUT2D eigenvalue weighted by Crippen LogP contribution is -2.02. The number of nitrogens with zero attached hydrogens (tertiary/aromatic N) is 3. The lowest BCUT2D eigenvalue weighted by molar-refractivity contribution is 0.324. The molecule has 0 amide bonds. The summed E-state index contributed by atoms with van der Waals surface area (Å²) in [5.41, 5.74) is 6.41. The van der Waals surface area contributed by atoms with E-state index in [0.717, 1.165) is 0 Å². The average molecular weight is 308 g/mol. The molecule has 7 nitrogen and oxygen atoms in total. The molecular weight excluding hydrogens is 292 g/mol. The highest BCUT2D eigenvalue weighted by Crippen LogP contribution is 2.40. The zero-order valence-corrected chi connectivity index (χ0v) is 13.0. The van der Waals surface area contributed by atoms with Gasteiger partial charge >= 0.3 is 0 Å². The summed E-state index contributed by atoms with van der Waals surface area (Å²) in [5.74, 6) is 2.17. The van der Waals surface area contributed by atoms with E-state index in [1.165, 1.54) is 11.8 Å². The molecule has 1 aromatic carbocycles. The SMILES string of the molecule is COc1cc(-c2nc(N)nc(SC)n2)cc(OC)c1OC. The number of nitrogens with two attached hydrogens (primary N) is 1. The predicted octanol–water partition coefficient (Wildman–Crippen LogP) is 1.87. The Morgan fingerprint density at radius 2 is 1.57 bits per heavy atom. The molecule has 0 saturated heterocycles. The van der Waals surface area contributed by atoms with Crippen molar-refractivity contribution >= 4 is 17.7 Å². The molecule has 0 aliphatic carbocycles. The first-order valence-corrected chi connectivity index (χ1v) is 7.21. The maximum absolute atomic E-state index is 5.71. The van der Waals surface area contributed by atoms with Gasteiger partial charge in [0.2, 0.25) is 11.7 Å². The van der Waals surface area contributed by atoms with Gasteiger partial charge in [0.15, 0.2) is 22.5 Å². The Bertz CT molecular complexity index is 626. The van der Waals surface area contributed by atoms with E-state index >= 15 is 0 Å². The molecule has 2 aromatic rings. The molecule has 0 saturated carbocycles. The second kappa shape index (κ2) is 6.49. The summed E-state index contributed by atoms with van der Waals surface area (Å²) < 4.78 is 15.9. The van der Waals surface area contributed by atoms with Gasteiger partial charge in [0.05, 0.1) is 21.3 Å². The fourth-order valence-electron chi connectivity index (χ4n) is 1.80. The first-order chi connectivity index (χ1) is 10.1. The van der Waals surface area contributed by atoms with E-state index in [1.807, 2.05) is 6.26 Å². The number of nitrogen functional groups attached to an aromatic ring is 1. The zero-order chi connectivity index (χ0) is 15.4. The first kappa shape index (κ1) is 15.2. The van der Waals surface area contributed by atoms with Crippen LogP contribution in [0.25, 0.3) is 11.4 Å². The maximum atomic E-state index is 5.71. The zero-order valence-electron chi connectivity index (χ0n) is 12.2. The molecule has 0 atom stereocenters. The minimum absolute atomic E-state index is 0.165. The van der Waals surface area contributed by atoms with E-state index in [-0.39, 0.29) is 5.95 Å². The van der Waals surface area contributed by atoms with Crippen LogP contribution in [0, 0.1) is 0 Å². The molecule has 0 unspecified atom stereocenters. The third-order valence-corrected chi connectivity index (χ3v) is 3.29. The van der Waals surface area contributed by atoms with Gasteiger partial charge in [-0.15, -0.1) is 0 Å². The van der Waals surface area contributed by atoms with Gasteiger partial charge in [-0.1, -0.05) is 11.8 Å². The van der Waals surface area contributed by atoms with E-state index in [0.29, 0.717) is 33.8 Å². The number of rotatable bonds is 5. The van der Waals surface area contributed by atoms with Gasteiger partial charge in [0.1, 0.15) is 0 Å². The summed E-state index contributed by atoms with van der Waals surface area (Å²) in [5, 5.41) is 0.547. The van der Waals surface area contributed by atoms with Crippen LogP contribution in [0.3, 0.4) is 0 Å². The topological polar surface area (TPSA) is 92.4 Å². The Labute approximate surface area is 126 Å². The fourth-order valence-corrected chi connectivity index (χ4v) is 2.17. The maximum Gasteiger partial charge on any atom is 0.224 e. The van der Waals surface area contributed by atoms with Crippen LogP contribution in [0.5, 0.6) is 17.2 Å². The smallest absolute Gasteiger partial charge is 0.224 e. The van der Waals surface area contributed by atoms with Crippen LogP contribution in [0.2, 0.25) is 0 Å². The second-order valence-electron chi connectivity index (χ2n) is 3.92. The monoisotopic (exact) mass is 308 g/mol. The van der Waals surface area contributed by atoms with Crippen molar-refractivity contribution in [3.63, 3.8) is 0 Å². The molecule has 1 aromatic heterocycles. The summed E-state index contributed by atoms with van der Waals surface area (Å²) in [6, 6.07) is 3.53. The Hall–Kier alpha value is -2.22. The Morgan fingerprint density at radius 3 is 2.05 bits per heavy atom. The summed E-state index contributed by atoms with van der Waals surface area (Å²) in [6.45, 7) is 0. The van der Waals surface area contributed by atoms with Crippen molar-refractivity contribution in [3.8, 4) is 28.6 Å². The van der Waals surface area contributed by atoms with Crippen molar-refractivity contribution in [1.29, 1.82) is 0 Å². The van der Waals surface area contributed by atoms with Crippen molar-refractivity contribution in [1.82, 2.24) is 15.0 Å². The molecular formula is C13H16N4O3S. The molecule has 21 heavy (non-hydrogen) atoms. The third kappa shape index (κ3) is 3.10. The van der Waals surface area contributed by atoms with Crippen LogP contribution in [0.15, 0.2) is 17.3 Å². The van der Waals surface area contributed by atoms with Crippen molar-refractivity contribution in [2.75, 3.05) is 33.3 Å². The van der Waals surface area contributed by atoms with Crippen LogP contribution < -0.4 is 19.9 Å². The van der Waals surface area contributed by atoms with Crippen molar-refractivity contribution < 1.29 is 14.2 Å². The van der Waals surface area contributed by atoms with Crippen LogP contribution in [-0.2, 0) is 0 Å². The Balaban J connectivity index is 2.61. The van der Waals surface area contributed by atoms with Crippen LogP contribution in [0.1, 0.15) is 0 Å². The van der Waals surface area contributed by atoms with Crippen LogP contribution in [-0.4, -0.2) is 42.5 Å². The number of aromatic nitrogens is 3. The van der Waals surface area contributed by atoms with Gasteiger partial charge in [-0.25, -0.2) is 4.98 Å². The summed E-state index contributed by atoms with van der Waals surface area (Å²) in [4.78, 5) is 12.5. The predicted molar refractivity (Wildman–Crippen MR) is 81.1 cm³/mol. The van der Waals surface area contributed by atoms with Gasteiger partial charge in [0.25, 0.3) is 0 Å². The molecule has 0 aliphatic rings. The number of hydrogen-bond donors (Lipinski definition) is 1. The molecule has 0 bridgehead atoms. The Morgan fingerprint density at radius 1 is 0.952 bits per heavy atom. The third-order valence-electron chi connectivity index (χ3n) is 2.74. The van der Waals surface area contributed by atoms with Gasteiger partial charge in [-0.2, -0.15) is 9.97 Å². The minimum Gasteiger partial charge on any atom is -0.493 e. The summed E-state index contributed by atoms with van der Waals surface area (Å²) >= 11 is 1.39. The molecule has 112 valence electrons. The van der Waals surface area contributed by atoms with E-state index in [1.54, 1.807) is 33.5 Å². The quantitative estimate of drug-likeness (QED) is 0.837. The molecule has 2 rings (SSSR count). The summed E-state index contributed by atoms with van der Waals surface area (Å²) in [7, 11) is 4.65. The van der Waals surface area contributed by atoms with Crippen molar-refractivity contribution in [2.45, 2.75) is 5.16 Å². The number of ether oxygens (including phenoxy) is 3. The molecule has 0 aliphatic heterocycles. The molecule has 8 heteroatoms. The van der Waals surface area contributed by atoms with Gasteiger partial charge < -0.3 is 19.9 Å². The van der Waals surface area contributed by atoms with Crippen molar-refractivity contribution in [3.05, 3.63) is 12.1 Å². The van der Waals surface area contributed by atoms with Gasteiger partial charge in [0, 0.05) is 5.56 Å². The van der Waals surface area contributed by atoms with Crippen LogP contribution >= 0.6 is 11.8 Å². The number of anilines is 1. The fraction of sp³-hybridized carbons (Fsp3) is 0.308. The minimum atomic E-state index is 0.165. The normalized spacial score (nSPS) is 10.3. The second-order valence-corrected chi connectivity index (χ2v) is 4.69. The number of benzene rings is 1.